The van der Waals surface area contributed by atoms with Crippen LogP contribution in [0.4, 0.5) is 14.5 Å². The van der Waals surface area contributed by atoms with E-state index in [2.05, 4.69) is 0 Å². The number of carbonyl (C=O) groups excluding carboxylic acids is 1. The van der Waals surface area contributed by atoms with Gasteiger partial charge in [-0.2, -0.15) is 4.31 Å². The average Bonchev–Trinajstić information content (AvgIpc) is 2.79. The first-order valence-electron chi connectivity index (χ1n) is 10.4. The smallest absolute Gasteiger partial charge is 0.270 e. The number of sulfonamides is 1. The number of nitrogens with zero attached hydrogens (tertiary/aromatic N) is 3. The largest absolute Gasteiger partial charge is 0.339 e. The number of amides is 1. The number of piperidine rings is 1. The molecule has 33 heavy (non-hydrogen) atoms. The minimum absolute atomic E-state index is 0.0915. The molecule has 1 fully saturated rings. The second-order valence-electron chi connectivity index (χ2n) is 8.18. The predicted octanol–water partition coefficient (Wildman–Crippen LogP) is 3.80. The molecule has 1 saturated heterocycles. The van der Waals surface area contributed by atoms with E-state index in [0.29, 0.717) is 11.1 Å². The van der Waals surface area contributed by atoms with Gasteiger partial charge in [-0.05, 0) is 49.9 Å². The highest BCUT2D eigenvalue weighted by atomic mass is 32.2. The Balaban J connectivity index is 1.70. The second kappa shape index (κ2) is 9.52. The van der Waals surface area contributed by atoms with Crippen molar-refractivity contribution in [1.82, 2.24) is 9.21 Å². The molecule has 11 heteroatoms. The summed E-state index contributed by atoms with van der Waals surface area (Å²) in [5, 5.41) is 11.1. The maximum atomic E-state index is 13.6. The van der Waals surface area contributed by atoms with Crippen LogP contribution in [-0.2, 0) is 14.8 Å². The van der Waals surface area contributed by atoms with Gasteiger partial charge in [0.15, 0.2) is 11.6 Å². The topological polar surface area (TPSA) is 101 Å². The molecule has 0 aliphatic carbocycles. The lowest BCUT2D eigenvalue weighted by Crippen LogP contribution is -2.44. The van der Waals surface area contributed by atoms with Crippen molar-refractivity contribution in [3.05, 3.63) is 69.3 Å². The summed E-state index contributed by atoms with van der Waals surface area (Å²) < 4.78 is 54.2. The van der Waals surface area contributed by atoms with E-state index in [4.69, 9.17) is 0 Å². The summed E-state index contributed by atoms with van der Waals surface area (Å²) >= 11 is 0. The number of carbonyl (C=O) groups is 1. The Bertz CT molecular complexity index is 1180. The molecule has 0 saturated carbocycles. The summed E-state index contributed by atoms with van der Waals surface area (Å²) in [5.74, 6) is -2.60. The van der Waals surface area contributed by atoms with E-state index in [0.717, 1.165) is 18.2 Å². The Morgan fingerprint density at radius 3 is 2.36 bits per heavy atom. The Morgan fingerprint density at radius 2 is 1.79 bits per heavy atom. The van der Waals surface area contributed by atoms with Crippen molar-refractivity contribution < 1.29 is 26.9 Å². The summed E-state index contributed by atoms with van der Waals surface area (Å²) in [4.78, 5) is 24.7. The molecular weight excluding hydrogens is 456 g/mol. The first-order valence-corrected chi connectivity index (χ1v) is 11.8. The number of nitro benzene ring substituents is 1. The molecule has 0 N–H and O–H groups in total. The molecule has 3 rings (SSSR count). The zero-order valence-electron chi connectivity index (χ0n) is 18.5. The van der Waals surface area contributed by atoms with Crippen LogP contribution >= 0.6 is 0 Å². The van der Waals surface area contributed by atoms with Gasteiger partial charge in [-0.15, -0.1) is 0 Å². The zero-order valence-corrected chi connectivity index (χ0v) is 19.3. The highest BCUT2D eigenvalue weighted by Crippen LogP contribution is 2.30. The van der Waals surface area contributed by atoms with E-state index in [1.165, 1.54) is 27.4 Å². The number of aryl methyl sites for hydroxylation is 1. The molecule has 8 nitrogen and oxygen atoms in total. The predicted molar refractivity (Wildman–Crippen MR) is 117 cm³/mol. The van der Waals surface area contributed by atoms with E-state index in [1.807, 2.05) is 0 Å². The van der Waals surface area contributed by atoms with Gasteiger partial charge in [0.2, 0.25) is 15.9 Å². The molecule has 1 unspecified atom stereocenters. The van der Waals surface area contributed by atoms with Gasteiger partial charge < -0.3 is 4.90 Å². The Hall–Kier alpha value is -2.92. The lowest BCUT2D eigenvalue weighted by atomic mass is 9.95. The maximum Gasteiger partial charge on any atom is 0.270 e. The molecule has 2 aromatic carbocycles. The van der Waals surface area contributed by atoms with Crippen molar-refractivity contribution >= 4 is 21.6 Å². The van der Waals surface area contributed by atoms with Crippen molar-refractivity contribution in [1.29, 1.82) is 0 Å². The average molecular weight is 482 g/mol. The van der Waals surface area contributed by atoms with Crippen molar-refractivity contribution in [2.45, 2.75) is 37.6 Å². The molecule has 0 radical (unpaired) electrons. The van der Waals surface area contributed by atoms with Gasteiger partial charge in [-0.1, -0.05) is 12.1 Å². The van der Waals surface area contributed by atoms with Gasteiger partial charge in [0.05, 0.1) is 15.9 Å². The number of nitro groups is 1. The quantitative estimate of drug-likeness (QED) is 0.461. The van der Waals surface area contributed by atoms with E-state index in [9.17, 15) is 32.1 Å². The van der Waals surface area contributed by atoms with Crippen molar-refractivity contribution in [2.75, 3.05) is 20.1 Å². The number of non-ortho nitro benzene ring substituents is 1. The van der Waals surface area contributed by atoms with Gasteiger partial charge in [0, 0.05) is 38.2 Å². The van der Waals surface area contributed by atoms with Crippen LogP contribution in [0, 0.1) is 34.6 Å². The molecule has 1 heterocycles. The van der Waals surface area contributed by atoms with E-state index in [-0.39, 0.29) is 42.4 Å². The highest BCUT2D eigenvalue weighted by molar-refractivity contribution is 7.89. The Labute approximate surface area is 191 Å². The summed E-state index contributed by atoms with van der Waals surface area (Å²) in [6.07, 6.45) is 0.557. The summed E-state index contributed by atoms with van der Waals surface area (Å²) in [6, 6.07) is 6.70. The molecule has 1 aliphatic rings. The molecule has 1 atom stereocenters. The van der Waals surface area contributed by atoms with Crippen LogP contribution in [0.3, 0.4) is 0 Å². The third kappa shape index (κ3) is 5.03. The first kappa shape index (κ1) is 24.7. The molecule has 178 valence electrons. The van der Waals surface area contributed by atoms with E-state index < -0.39 is 38.5 Å². The van der Waals surface area contributed by atoms with Gasteiger partial charge in [0.25, 0.3) is 5.69 Å². The lowest BCUT2D eigenvalue weighted by molar-refractivity contribution is -0.385. The normalized spacial score (nSPS) is 16.4. The third-order valence-corrected chi connectivity index (χ3v) is 8.20. The van der Waals surface area contributed by atoms with E-state index in [1.54, 1.807) is 20.9 Å². The van der Waals surface area contributed by atoms with Crippen LogP contribution in [0.5, 0.6) is 0 Å². The number of benzene rings is 2. The van der Waals surface area contributed by atoms with Crippen LogP contribution in [0.1, 0.15) is 36.9 Å². The molecule has 0 spiro atoms. The summed E-state index contributed by atoms with van der Waals surface area (Å²) in [5.41, 5.74) is 0.543. The van der Waals surface area contributed by atoms with Crippen molar-refractivity contribution in [2.24, 2.45) is 5.92 Å². The number of halogens is 2. The zero-order chi connectivity index (χ0) is 24.5. The molecular formula is C22H25F2N3O5S. The number of hydrogen-bond acceptors (Lipinski definition) is 5. The Kier molecular flexibility index (Phi) is 7.13. The van der Waals surface area contributed by atoms with Crippen LogP contribution in [0.15, 0.2) is 41.3 Å². The number of hydrogen-bond donors (Lipinski definition) is 0. The maximum absolute atomic E-state index is 13.6. The fourth-order valence-corrected chi connectivity index (χ4v) is 5.65. The van der Waals surface area contributed by atoms with E-state index >= 15 is 0 Å². The standard InChI is InChI=1S/C22H25F2N3O5S/c1-14-4-6-18(27(29)30)13-21(14)33(31,32)26-10-8-16(9-11-26)22(28)25(3)15(2)17-5-7-19(23)20(24)12-17/h4-7,12-13,15-16H,8-11H2,1-3H3. The Morgan fingerprint density at radius 1 is 1.15 bits per heavy atom. The fourth-order valence-electron chi connectivity index (χ4n) is 3.94. The summed E-state index contributed by atoms with van der Waals surface area (Å²) in [6.45, 7) is 3.46. The van der Waals surface area contributed by atoms with Gasteiger partial charge in [0.1, 0.15) is 0 Å². The van der Waals surface area contributed by atoms with Crippen LogP contribution in [0.25, 0.3) is 0 Å². The van der Waals surface area contributed by atoms with Crippen LogP contribution < -0.4 is 0 Å². The molecule has 0 aromatic heterocycles. The summed E-state index contributed by atoms with van der Waals surface area (Å²) in [7, 11) is -2.39. The second-order valence-corrected chi connectivity index (χ2v) is 10.1. The molecule has 2 aromatic rings. The van der Waals surface area contributed by atoms with Gasteiger partial charge >= 0.3 is 0 Å². The molecule has 1 aliphatic heterocycles. The number of rotatable bonds is 6. The molecule has 0 bridgehead atoms. The lowest BCUT2D eigenvalue weighted by Gasteiger charge is -2.34. The SMILES string of the molecule is Cc1ccc([N+](=O)[O-])cc1S(=O)(=O)N1CCC(C(=O)N(C)C(C)c2ccc(F)c(F)c2)CC1. The minimum Gasteiger partial charge on any atom is -0.339 e. The van der Waals surface area contributed by atoms with Gasteiger partial charge in [-0.3, -0.25) is 14.9 Å². The van der Waals surface area contributed by atoms with Gasteiger partial charge in [-0.25, -0.2) is 17.2 Å². The third-order valence-electron chi connectivity index (χ3n) is 6.16. The van der Waals surface area contributed by atoms with Crippen LogP contribution in [-0.4, -0.2) is 48.6 Å². The monoisotopic (exact) mass is 481 g/mol. The van der Waals surface area contributed by atoms with Crippen molar-refractivity contribution in [3.63, 3.8) is 0 Å². The highest BCUT2D eigenvalue weighted by Gasteiger charge is 2.35. The van der Waals surface area contributed by atoms with Crippen LogP contribution in [0.2, 0.25) is 0 Å². The van der Waals surface area contributed by atoms with Crippen molar-refractivity contribution in [3.8, 4) is 0 Å². The minimum atomic E-state index is -3.96. The first-order chi connectivity index (χ1) is 15.4. The fraction of sp³-hybridized carbons (Fsp3) is 0.409. The molecule has 1 amide bonds.